The second-order valence-electron chi connectivity index (χ2n) is 1.96. The summed E-state index contributed by atoms with van der Waals surface area (Å²) in [6.45, 7) is 1.13. The van der Waals surface area contributed by atoms with E-state index >= 15 is 0 Å². The molecule has 0 aromatic carbocycles. The van der Waals surface area contributed by atoms with Crippen molar-refractivity contribution in [3.8, 4) is 0 Å². The van der Waals surface area contributed by atoms with Gasteiger partial charge in [0.25, 0.3) is 0 Å². The van der Waals surface area contributed by atoms with Gasteiger partial charge in [0.2, 0.25) is 0 Å². The van der Waals surface area contributed by atoms with Gasteiger partial charge in [-0.1, -0.05) is 12.2 Å². The zero-order valence-corrected chi connectivity index (χ0v) is 4.04. The first-order valence-corrected chi connectivity index (χ1v) is 2.57. The highest BCUT2D eigenvalue weighted by molar-refractivity contribution is 5.22. The third kappa shape index (κ3) is 0.279. The molecule has 7 heavy (non-hydrogen) atoms. The van der Waals surface area contributed by atoms with Crippen molar-refractivity contribution in [2.45, 2.75) is 6.04 Å². The number of rotatable bonds is 0. The van der Waals surface area contributed by atoms with E-state index in [-0.39, 0.29) is 0 Å². The van der Waals surface area contributed by atoms with E-state index in [9.17, 15) is 0 Å². The fourth-order valence-electron chi connectivity index (χ4n) is 0.986. The Morgan fingerprint density at radius 3 is 2.71 bits per heavy atom. The van der Waals surface area contributed by atoms with Crippen molar-refractivity contribution in [3.05, 3.63) is 24.4 Å². The predicted molar refractivity (Wildman–Crippen MR) is 28.8 cm³/mol. The Hall–Kier alpha value is -0.720. The fourth-order valence-corrected chi connectivity index (χ4v) is 0.986. The van der Waals surface area contributed by atoms with Gasteiger partial charge >= 0.3 is 0 Å². The van der Waals surface area contributed by atoms with Gasteiger partial charge in [-0.25, -0.2) is 0 Å². The molecule has 0 bridgehead atoms. The Morgan fingerprint density at radius 2 is 2.43 bits per heavy atom. The molecule has 1 heteroatoms. The molecule has 1 atom stereocenters. The summed E-state index contributed by atoms with van der Waals surface area (Å²) in [6.07, 6.45) is 8.75. The summed E-state index contributed by atoms with van der Waals surface area (Å²) in [5, 5.41) is 0. The standard InChI is InChI=1S/C6H7N/c1-2-6-3-5-7(6)4-1/h1-3,5-6H,4H2. The molecule has 0 amide bonds. The zero-order valence-electron chi connectivity index (χ0n) is 4.04. The first-order chi connectivity index (χ1) is 3.47. The summed E-state index contributed by atoms with van der Waals surface area (Å²) < 4.78 is 0. The number of fused-ring (bicyclic) bond motifs is 1. The van der Waals surface area contributed by atoms with E-state index in [1.54, 1.807) is 0 Å². The molecule has 1 unspecified atom stereocenters. The van der Waals surface area contributed by atoms with E-state index in [0.29, 0.717) is 6.04 Å². The summed E-state index contributed by atoms with van der Waals surface area (Å²) in [5.74, 6) is 0. The summed E-state index contributed by atoms with van der Waals surface area (Å²) in [7, 11) is 0. The molecule has 0 radical (unpaired) electrons. The Kier molecular flexibility index (Phi) is 0.432. The van der Waals surface area contributed by atoms with Crippen LogP contribution in [0.5, 0.6) is 0 Å². The fraction of sp³-hybridized carbons (Fsp3) is 0.333. The maximum atomic E-state index is 2.29. The van der Waals surface area contributed by atoms with Gasteiger partial charge in [-0.3, -0.25) is 0 Å². The average Bonchev–Trinajstić information content (AvgIpc) is 1.85. The van der Waals surface area contributed by atoms with E-state index in [1.807, 2.05) is 0 Å². The minimum absolute atomic E-state index is 0.667. The van der Waals surface area contributed by atoms with Crippen molar-refractivity contribution in [1.82, 2.24) is 4.90 Å². The van der Waals surface area contributed by atoms with Gasteiger partial charge in [0.05, 0.1) is 6.04 Å². The van der Waals surface area contributed by atoms with E-state index in [2.05, 4.69) is 29.3 Å². The summed E-state index contributed by atoms with van der Waals surface area (Å²) in [6, 6.07) is 0.667. The second-order valence-corrected chi connectivity index (χ2v) is 1.96. The van der Waals surface area contributed by atoms with Crippen LogP contribution in [0.2, 0.25) is 0 Å². The molecule has 0 aromatic heterocycles. The Morgan fingerprint density at radius 1 is 1.43 bits per heavy atom. The van der Waals surface area contributed by atoms with Gasteiger partial charge in [0.1, 0.15) is 0 Å². The third-order valence-corrected chi connectivity index (χ3v) is 1.51. The Labute approximate surface area is 42.9 Å². The lowest BCUT2D eigenvalue weighted by molar-refractivity contribution is 0.375. The van der Waals surface area contributed by atoms with Crippen LogP contribution < -0.4 is 0 Å². The molecule has 0 aliphatic carbocycles. The SMILES string of the molecule is C1=CC2C=CN2C1. The monoisotopic (exact) mass is 93.1 g/mol. The van der Waals surface area contributed by atoms with Crippen LogP contribution in [0.25, 0.3) is 0 Å². The van der Waals surface area contributed by atoms with Crippen molar-refractivity contribution in [2.75, 3.05) is 6.54 Å². The molecule has 0 spiro atoms. The van der Waals surface area contributed by atoms with Gasteiger partial charge in [-0.05, 0) is 12.3 Å². The highest BCUT2D eigenvalue weighted by atomic mass is 15.2. The molecule has 36 valence electrons. The maximum absolute atomic E-state index is 2.29. The number of hydrogen-bond donors (Lipinski definition) is 0. The Bertz CT molecular complexity index is 135. The van der Waals surface area contributed by atoms with Crippen molar-refractivity contribution in [2.24, 2.45) is 0 Å². The maximum Gasteiger partial charge on any atom is 0.0672 e. The Balaban J connectivity index is 2.29. The van der Waals surface area contributed by atoms with Crippen LogP contribution in [0.3, 0.4) is 0 Å². The average molecular weight is 93.1 g/mol. The topological polar surface area (TPSA) is 3.24 Å². The molecule has 1 nitrogen and oxygen atoms in total. The predicted octanol–water partition coefficient (Wildman–Crippen LogP) is 0.754. The van der Waals surface area contributed by atoms with Crippen molar-refractivity contribution < 1.29 is 0 Å². The lowest BCUT2D eigenvalue weighted by atomic mass is 10.2. The molecule has 2 aliphatic rings. The summed E-state index contributed by atoms with van der Waals surface area (Å²) in [4.78, 5) is 2.29. The van der Waals surface area contributed by atoms with E-state index < -0.39 is 0 Å². The molecule has 2 aliphatic heterocycles. The van der Waals surface area contributed by atoms with Crippen molar-refractivity contribution >= 4 is 0 Å². The second kappa shape index (κ2) is 0.915. The largest absolute Gasteiger partial charge is 0.364 e. The third-order valence-electron chi connectivity index (χ3n) is 1.51. The molecule has 0 saturated carbocycles. The van der Waals surface area contributed by atoms with Crippen molar-refractivity contribution in [1.29, 1.82) is 0 Å². The first kappa shape index (κ1) is 3.30. The molecule has 0 saturated heterocycles. The van der Waals surface area contributed by atoms with Gasteiger partial charge < -0.3 is 4.90 Å². The van der Waals surface area contributed by atoms with Crippen LogP contribution in [-0.2, 0) is 0 Å². The van der Waals surface area contributed by atoms with Crippen LogP contribution in [-0.4, -0.2) is 17.5 Å². The lowest BCUT2D eigenvalue weighted by Crippen LogP contribution is -2.30. The quantitative estimate of drug-likeness (QED) is 0.399. The lowest BCUT2D eigenvalue weighted by Gasteiger charge is -2.27. The van der Waals surface area contributed by atoms with Crippen molar-refractivity contribution in [3.63, 3.8) is 0 Å². The molecular formula is C6H7N. The van der Waals surface area contributed by atoms with Gasteiger partial charge in [0, 0.05) is 6.54 Å². The summed E-state index contributed by atoms with van der Waals surface area (Å²) in [5.41, 5.74) is 0. The highest BCUT2D eigenvalue weighted by Gasteiger charge is 2.19. The molecule has 2 heterocycles. The minimum atomic E-state index is 0.667. The molecule has 2 rings (SSSR count). The van der Waals surface area contributed by atoms with Crippen LogP contribution in [0.4, 0.5) is 0 Å². The first-order valence-electron chi connectivity index (χ1n) is 2.57. The molecule has 0 aromatic rings. The zero-order chi connectivity index (χ0) is 4.69. The molecule has 0 fully saturated rings. The van der Waals surface area contributed by atoms with Gasteiger partial charge in [-0.15, -0.1) is 0 Å². The van der Waals surface area contributed by atoms with E-state index in [4.69, 9.17) is 0 Å². The van der Waals surface area contributed by atoms with E-state index in [1.165, 1.54) is 0 Å². The van der Waals surface area contributed by atoms with Crippen LogP contribution in [0, 0.1) is 0 Å². The van der Waals surface area contributed by atoms with Crippen LogP contribution in [0.15, 0.2) is 24.4 Å². The highest BCUT2D eigenvalue weighted by Crippen LogP contribution is 2.18. The van der Waals surface area contributed by atoms with Gasteiger partial charge in [0.15, 0.2) is 0 Å². The summed E-state index contributed by atoms with van der Waals surface area (Å²) >= 11 is 0. The minimum Gasteiger partial charge on any atom is -0.364 e. The van der Waals surface area contributed by atoms with E-state index in [0.717, 1.165) is 6.54 Å². The van der Waals surface area contributed by atoms with Gasteiger partial charge in [-0.2, -0.15) is 0 Å². The van der Waals surface area contributed by atoms with Crippen LogP contribution >= 0.6 is 0 Å². The molecular weight excluding hydrogens is 86.1 g/mol. The number of nitrogens with zero attached hydrogens (tertiary/aromatic N) is 1. The number of hydrogen-bond acceptors (Lipinski definition) is 1. The van der Waals surface area contributed by atoms with Crippen LogP contribution in [0.1, 0.15) is 0 Å². The normalized spacial score (nSPS) is 33.1. The smallest absolute Gasteiger partial charge is 0.0672 e. The molecule has 0 N–H and O–H groups in total.